The Morgan fingerprint density at radius 3 is 2.63 bits per heavy atom. The maximum absolute atomic E-state index is 12.4. The van der Waals surface area contributed by atoms with Crippen LogP contribution in [0.1, 0.15) is 17.0 Å². The number of nitrogens with zero attached hydrogens (tertiary/aromatic N) is 3. The predicted octanol–water partition coefficient (Wildman–Crippen LogP) is 2.77. The second kappa shape index (κ2) is 8.96. The summed E-state index contributed by atoms with van der Waals surface area (Å²) in [5, 5.41) is 9.82. The molecule has 1 aliphatic heterocycles. The second-order valence-corrected chi connectivity index (χ2v) is 7.33. The van der Waals surface area contributed by atoms with Crippen LogP contribution in [0.15, 0.2) is 53.1 Å². The first-order chi connectivity index (χ1) is 14.6. The van der Waals surface area contributed by atoms with Gasteiger partial charge in [0.15, 0.2) is 0 Å². The molecule has 0 atom stereocenters. The van der Waals surface area contributed by atoms with Crippen LogP contribution < -0.4 is 10.6 Å². The maximum Gasteiger partial charge on any atom is 0.318 e. The lowest BCUT2D eigenvalue weighted by Gasteiger charge is -2.28. The number of benzene rings is 2. The van der Waals surface area contributed by atoms with Gasteiger partial charge in [-0.25, -0.2) is 4.79 Å². The van der Waals surface area contributed by atoms with Crippen molar-refractivity contribution in [1.82, 2.24) is 25.7 Å². The molecule has 9 heteroatoms. The van der Waals surface area contributed by atoms with Crippen molar-refractivity contribution in [3.63, 3.8) is 0 Å². The molecule has 2 heterocycles. The lowest BCUT2D eigenvalue weighted by molar-refractivity contribution is -0.120. The summed E-state index contributed by atoms with van der Waals surface area (Å²) in [6, 6.07) is 14.8. The minimum atomic E-state index is -0.341. The molecule has 30 heavy (non-hydrogen) atoms. The van der Waals surface area contributed by atoms with Gasteiger partial charge in [-0.05, 0) is 41.8 Å². The van der Waals surface area contributed by atoms with Gasteiger partial charge in [0, 0.05) is 23.7 Å². The summed E-state index contributed by atoms with van der Waals surface area (Å²) in [5.74, 6) is 0.342. The Balaban J connectivity index is 1.23. The topological polar surface area (TPSA) is 100 Å². The fourth-order valence-electron chi connectivity index (χ4n) is 3.22. The van der Waals surface area contributed by atoms with E-state index in [0.717, 1.165) is 17.5 Å². The van der Waals surface area contributed by atoms with Crippen molar-refractivity contribution in [2.24, 2.45) is 0 Å². The largest absolute Gasteiger partial charge is 0.345 e. The minimum absolute atomic E-state index is 0.0758. The van der Waals surface area contributed by atoms with E-state index < -0.39 is 0 Å². The highest BCUT2D eigenvalue weighted by atomic mass is 35.5. The number of rotatable bonds is 5. The molecule has 2 N–H and O–H groups in total. The van der Waals surface area contributed by atoms with Crippen LogP contribution in [0.5, 0.6) is 0 Å². The molecule has 0 radical (unpaired) electrons. The molecule has 0 fully saturated rings. The molecule has 0 saturated carbocycles. The number of hydrogen-bond donors (Lipinski definition) is 2. The van der Waals surface area contributed by atoms with E-state index in [9.17, 15) is 9.59 Å². The maximum atomic E-state index is 12.4. The highest BCUT2D eigenvalue weighted by Crippen LogP contribution is 2.19. The van der Waals surface area contributed by atoms with Crippen LogP contribution in [0.25, 0.3) is 11.4 Å². The summed E-state index contributed by atoms with van der Waals surface area (Å²) in [6.45, 7) is 1.11. The molecule has 0 unspecified atom stereocenters. The van der Waals surface area contributed by atoms with Crippen LogP contribution in [0.3, 0.4) is 0 Å². The van der Waals surface area contributed by atoms with Crippen LogP contribution in [0, 0.1) is 0 Å². The average molecular weight is 426 g/mol. The van der Waals surface area contributed by atoms with Gasteiger partial charge in [-0.3, -0.25) is 4.79 Å². The zero-order chi connectivity index (χ0) is 20.9. The monoisotopic (exact) mass is 425 g/mol. The van der Waals surface area contributed by atoms with E-state index in [1.54, 1.807) is 29.2 Å². The van der Waals surface area contributed by atoms with Crippen molar-refractivity contribution in [3.05, 3.63) is 70.6 Å². The number of carbonyl (C=O) groups excluding carboxylic acids is 2. The summed E-state index contributed by atoms with van der Waals surface area (Å²) in [6.07, 6.45) is 0.808. The molecule has 8 nitrogen and oxygen atoms in total. The van der Waals surface area contributed by atoms with Gasteiger partial charge in [0.2, 0.25) is 17.6 Å². The van der Waals surface area contributed by atoms with Crippen molar-refractivity contribution in [2.45, 2.75) is 19.5 Å². The Morgan fingerprint density at radius 1 is 1.07 bits per heavy atom. The van der Waals surface area contributed by atoms with Crippen molar-refractivity contribution in [1.29, 1.82) is 0 Å². The third-order valence-corrected chi connectivity index (χ3v) is 5.08. The number of fused-ring (bicyclic) bond motifs is 1. The molecule has 0 saturated heterocycles. The third-order valence-electron chi connectivity index (χ3n) is 4.83. The van der Waals surface area contributed by atoms with Crippen LogP contribution >= 0.6 is 11.6 Å². The summed E-state index contributed by atoms with van der Waals surface area (Å²) in [5.41, 5.74) is 3.16. The molecule has 1 aliphatic rings. The van der Waals surface area contributed by atoms with E-state index in [-0.39, 0.29) is 30.9 Å². The van der Waals surface area contributed by atoms with Gasteiger partial charge in [0.05, 0.1) is 13.1 Å². The number of hydrogen-bond acceptors (Lipinski definition) is 5. The quantitative estimate of drug-likeness (QED) is 0.654. The molecular weight excluding hydrogens is 406 g/mol. The van der Waals surface area contributed by atoms with E-state index >= 15 is 0 Å². The average Bonchev–Trinajstić information content (AvgIpc) is 3.25. The molecule has 154 valence electrons. The van der Waals surface area contributed by atoms with Gasteiger partial charge in [-0.2, -0.15) is 4.98 Å². The first-order valence-electron chi connectivity index (χ1n) is 9.53. The number of nitrogens with one attached hydrogen (secondary N) is 2. The highest BCUT2D eigenvalue weighted by molar-refractivity contribution is 6.30. The van der Waals surface area contributed by atoms with Crippen LogP contribution in [-0.2, 0) is 24.3 Å². The predicted molar refractivity (Wildman–Crippen MR) is 111 cm³/mol. The summed E-state index contributed by atoms with van der Waals surface area (Å²) in [7, 11) is 0. The Morgan fingerprint density at radius 2 is 1.83 bits per heavy atom. The van der Waals surface area contributed by atoms with Crippen molar-refractivity contribution < 1.29 is 14.1 Å². The van der Waals surface area contributed by atoms with Crippen molar-refractivity contribution >= 4 is 23.5 Å². The highest BCUT2D eigenvalue weighted by Gasteiger charge is 2.20. The Bertz CT molecular complexity index is 1050. The third kappa shape index (κ3) is 4.77. The molecule has 3 amide bonds. The van der Waals surface area contributed by atoms with Gasteiger partial charge in [0.1, 0.15) is 0 Å². The first kappa shape index (κ1) is 19.9. The fourth-order valence-corrected chi connectivity index (χ4v) is 3.34. The Labute approximate surface area is 178 Å². The minimum Gasteiger partial charge on any atom is -0.345 e. The van der Waals surface area contributed by atoms with E-state index in [1.165, 1.54) is 5.56 Å². The first-order valence-corrected chi connectivity index (χ1v) is 9.91. The molecular formula is C21H20ClN5O3. The van der Waals surface area contributed by atoms with E-state index in [0.29, 0.717) is 23.9 Å². The number of aromatic nitrogens is 2. The lowest BCUT2D eigenvalue weighted by atomic mass is 10.0. The van der Waals surface area contributed by atoms with Crippen LogP contribution in [0.4, 0.5) is 4.79 Å². The lowest BCUT2D eigenvalue weighted by Crippen LogP contribution is -2.46. The Hall–Kier alpha value is -3.39. The van der Waals surface area contributed by atoms with Crippen molar-refractivity contribution in [3.8, 4) is 11.4 Å². The van der Waals surface area contributed by atoms with Crippen molar-refractivity contribution in [2.75, 3.05) is 13.1 Å². The van der Waals surface area contributed by atoms with E-state index in [2.05, 4.69) is 26.8 Å². The molecule has 4 rings (SSSR count). The molecule has 2 aromatic carbocycles. The second-order valence-electron chi connectivity index (χ2n) is 6.89. The standard InChI is InChI=1S/C21H20ClN5O3/c22-17-7-5-15(6-8-17)20-25-19(30-26-20)12-23-18(28)11-24-21(29)27-10-9-14-3-1-2-4-16(14)13-27/h1-8H,9-13H2,(H,23,28)(H,24,29). The summed E-state index contributed by atoms with van der Waals surface area (Å²) >= 11 is 5.87. The molecule has 0 bridgehead atoms. The van der Waals surface area contributed by atoms with Gasteiger partial charge in [-0.15, -0.1) is 0 Å². The fraction of sp³-hybridized carbons (Fsp3) is 0.238. The number of halogens is 1. The van der Waals surface area contributed by atoms with Crippen LogP contribution in [-0.4, -0.2) is 40.1 Å². The molecule has 1 aromatic heterocycles. The SMILES string of the molecule is O=C(CNC(=O)N1CCc2ccccc2C1)NCc1nc(-c2ccc(Cl)cc2)no1. The zero-order valence-corrected chi connectivity index (χ0v) is 16.9. The Kier molecular flexibility index (Phi) is 5.94. The van der Waals surface area contributed by atoms with Gasteiger partial charge >= 0.3 is 6.03 Å². The number of amides is 3. The van der Waals surface area contributed by atoms with Gasteiger partial charge < -0.3 is 20.1 Å². The van der Waals surface area contributed by atoms with Gasteiger partial charge in [0.25, 0.3) is 0 Å². The van der Waals surface area contributed by atoms with Crippen LogP contribution in [0.2, 0.25) is 5.02 Å². The molecule has 0 spiro atoms. The smallest absolute Gasteiger partial charge is 0.318 e. The van der Waals surface area contributed by atoms with Gasteiger partial charge in [-0.1, -0.05) is 41.0 Å². The number of carbonyl (C=O) groups is 2. The summed E-state index contributed by atoms with van der Waals surface area (Å²) in [4.78, 5) is 30.4. The molecule has 0 aliphatic carbocycles. The number of urea groups is 1. The summed E-state index contributed by atoms with van der Waals surface area (Å²) < 4.78 is 5.15. The zero-order valence-electron chi connectivity index (χ0n) is 16.1. The normalized spacial score (nSPS) is 12.9. The van der Waals surface area contributed by atoms with E-state index in [1.807, 2.05) is 18.2 Å². The van der Waals surface area contributed by atoms with E-state index in [4.69, 9.17) is 16.1 Å². The molecule has 3 aromatic rings.